The lowest BCUT2D eigenvalue weighted by molar-refractivity contribution is -0.123. The Morgan fingerprint density at radius 1 is 1.14 bits per heavy atom. The van der Waals surface area contributed by atoms with Gasteiger partial charge >= 0.3 is 5.97 Å². The quantitative estimate of drug-likeness (QED) is 0.647. The van der Waals surface area contributed by atoms with Crippen molar-refractivity contribution in [3.8, 4) is 0 Å². The number of carbonyl (C=O) groups excluding carboxylic acids is 2. The Morgan fingerprint density at radius 3 is 2.50 bits per heavy atom. The summed E-state index contributed by atoms with van der Waals surface area (Å²) in [5, 5.41) is 7.37. The highest BCUT2D eigenvalue weighted by molar-refractivity contribution is 6.03. The average Bonchev–Trinajstić information content (AvgIpc) is 2.71. The second-order valence-corrected chi connectivity index (χ2v) is 6.03. The number of nitrogens with one attached hydrogen (secondary N) is 1. The number of ether oxygens (including phenoxy) is 1. The molecule has 1 amide bonds. The van der Waals surface area contributed by atoms with Crippen LogP contribution in [0.4, 0.5) is 5.95 Å². The van der Waals surface area contributed by atoms with Crippen LogP contribution >= 0.6 is 0 Å². The molecule has 0 bridgehead atoms. The first-order chi connectivity index (χ1) is 13.5. The third kappa shape index (κ3) is 4.03. The number of nitrogens with zero attached hydrogens (tertiary/aromatic N) is 4. The van der Waals surface area contributed by atoms with E-state index < -0.39 is 18.0 Å². The van der Waals surface area contributed by atoms with Crippen molar-refractivity contribution in [2.24, 2.45) is 0 Å². The van der Waals surface area contributed by atoms with Crippen LogP contribution in [0.25, 0.3) is 10.8 Å². The van der Waals surface area contributed by atoms with Crippen LogP contribution in [0.2, 0.25) is 0 Å². The number of carbonyl (C=O) groups is 2. The first-order valence-corrected chi connectivity index (χ1v) is 8.80. The molecule has 9 heteroatoms. The van der Waals surface area contributed by atoms with Crippen molar-refractivity contribution in [3.63, 3.8) is 0 Å². The van der Waals surface area contributed by atoms with Crippen LogP contribution in [0.15, 0.2) is 47.5 Å². The molecule has 0 unspecified atom stereocenters. The number of fused-ring (bicyclic) bond motifs is 1. The van der Waals surface area contributed by atoms with E-state index in [9.17, 15) is 14.4 Å². The van der Waals surface area contributed by atoms with Crippen LogP contribution in [-0.2, 0) is 16.1 Å². The zero-order chi connectivity index (χ0) is 20.1. The minimum atomic E-state index is -1.11. The number of esters is 1. The standard InChI is InChI=1S/C19H19N5O4/c1-3-11-24-17(26)14-8-5-4-7-13(14)15(23-24)18(27)28-12(2)16(25)22-19-20-9-6-10-21-19/h4-10,12H,3,11H2,1-2H3,(H,20,21,22,25)/t12-/m0/s1. The largest absolute Gasteiger partial charge is 0.448 e. The predicted molar refractivity (Wildman–Crippen MR) is 102 cm³/mol. The molecule has 0 aliphatic heterocycles. The van der Waals surface area contributed by atoms with E-state index in [1.807, 2.05) is 6.92 Å². The van der Waals surface area contributed by atoms with Crippen LogP contribution in [0, 0.1) is 0 Å². The van der Waals surface area contributed by atoms with E-state index in [4.69, 9.17) is 4.74 Å². The van der Waals surface area contributed by atoms with E-state index in [1.165, 1.54) is 24.0 Å². The van der Waals surface area contributed by atoms with Crippen molar-refractivity contribution in [1.29, 1.82) is 0 Å². The van der Waals surface area contributed by atoms with Crippen LogP contribution in [0.5, 0.6) is 0 Å². The summed E-state index contributed by atoms with van der Waals surface area (Å²) < 4.78 is 6.50. The van der Waals surface area contributed by atoms with Gasteiger partial charge in [-0.3, -0.25) is 14.9 Å². The van der Waals surface area contributed by atoms with Crippen LogP contribution in [-0.4, -0.2) is 37.7 Å². The van der Waals surface area contributed by atoms with Gasteiger partial charge in [0.2, 0.25) is 5.95 Å². The molecule has 0 aliphatic carbocycles. The first-order valence-electron chi connectivity index (χ1n) is 8.80. The summed E-state index contributed by atoms with van der Waals surface area (Å²) in [6.45, 7) is 3.70. The van der Waals surface area contributed by atoms with E-state index in [1.54, 1.807) is 30.3 Å². The van der Waals surface area contributed by atoms with Crippen LogP contribution in [0.3, 0.4) is 0 Å². The second-order valence-electron chi connectivity index (χ2n) is 6.03. The third-order valence-electron chi connectivity index (χ3n) is 3.95. The number of aromatic nitrogens is 4. The van der Waals surface area contributed by atoms with Crippen molar-refractivity contribution in [2.45, 2.75) is 32.9 Å². The minimum Gasteiger partial charge on any atom is -0.448 e. The normalized spacial score (nSPS) is 11.8. The molecule has 3 rings (SSSR count). The molecular weight excluding hydrogens is 362 g/mol. The number of benzene rings is 1. The van der Waals surface area contributed by atoms with Gasteiger partial charge in [0.25, 0.3) is 11.5 Å². The molecule has 0 radical (unpaired) electrons. The molecule has 3 aromatic rings. The van der Waals surface area contributed by atoms with Gasteiger partial charge in [0, 0.05) is 24.3 Å². The summed E-state index contributed by atoms with van der Waals surface area (Å²) in [6, 6.07) is 8.28. The predicted octanol–water partition coefficient (Wildman–Crippen LogP) is 1.78. The molecule has 1 atom stereocenters. The number of hydrogen-bond acceptors (Lipinski definition) is 7. The number of hydrogen-bond donors (Lipinski definition) is 1. The Morgan fingerprint density at radius 2 is 1.82 bits per heavy atom. The maximum atomic E-state index is 12.7. The first kappa shape index (κ1) is 19.2. The molecular formula is C19H19N5O4. The number of rotatable bonds is 6. The van der Waals surface area contributed by atoms with E-state index in [2.05, 4.69) is 20.4 Å². The Bertz CT molecular complexity index is 1060. The van der Waals surface area contributed by atoms with Gasteiger partial charge in [-0.05, 0) is 25.5 Å². The van der Waals surface area contributed by atoms with Crippen molar-refractivity contribution in [3.05, 3.63) is 58.8 Å². The molecule has 0 fully saturated rings. The van der Waals surface area contributed by atoms with Gasteiger partial charge in [0.1, 0.15) is 0 Å². The minimum absolute atomic E-state index is 0.0146. The van der Waals surface area contributed by atoms with Gasteiger partial charge in [0.15, 0.2) is 11.8 Å². The lowest BCUT2D eigenvalue weighted by Crippen LogP contribution is -2.32. The van der Waals surface area contributed by atoms with Crippen molar-refractivity contribution in [1.82, 2.24) is 19.7 Å². The number of anilines is 1. The zero-order valence-corrected chi connectivity index (χ0v) is 15.5. The molecule has 2 aromatic heterocycles. The van der Waals surface area contributed by atoms with Gasteiger partial charge < -0.3 is 4.74 Å². The fourth-order valence-corrected chi connectivity index (χ4v) is 2.59. The lowest BCUT2D eigenvalue weighted by atomic mass is 10.1. The molecule has 9 nitrogen and oxygen atoms in total. The fourth-order valence-electron chi connectivity index (χ4n) is 2.59. The van der Waals surface area contributed by atoms with Gasteiger partial charge in [-0.15, -0.1) is 0 Å². The van der Waals surface area contributed by atoms with Crippen molar-refractivity contribution >= 4 is 28.6 Å². The lowest BCUT2D eigenvalue weighted by Gasteiger charge is -2.14. The Kier molecular flexibility index (Phi) is 5.73. The smallest absolute Gasteiger partial charge is 0.360 e. The molecule has 0 saturated carbocycles. The summed E-state index contributed by atoms with van der Waals surface area (Å²) in [4.78, 5) is 45.2. The summed E-state index contributed by atoms with van der Waals surface area (Å²) in [6.07, 6.45) is 2.53. The van der Waals surface area contributed by atoms with E-state index in [0.29, 0.717) is 23.7 Å². The highest BCUT2D eigenvalue weighted by Gasteiger charge is 2.23. The highest BCUT2D eigenvalue weighted by atomic mass is 16.5. The van der Waals surface area contributed by atoms with Crippen molar-refractivity contribution in [2.75, 3.05) is 5.32 Å². The van der Waals surface area contributed by atoms with E-state index >= 15 is 0 Å². The number of amides is 1. The monoisotopic (exact) mass is 381 g/mol. The second kappa shape index (κ2) is 8.38. The molecule has 1 N–H and O–H groups in total. The number of aryl methyl sites for hydroxylation is 1. The zero-order valence-electron chi connectivity index (χ0n) is 15.5. The molecule has 1 aromatic carbocycles. The SMILES string of the molecule is CCCn1nc(C(=O)O[C@@H](C)C(=O)Nc2ncccn2)c2ccccc2c1=O. The summed E-state index contributed by atoms with van der Waals surface area (Å²) in [7, 11) is 0. The molecule has 0 saturated heterocycles. The fraction of sp³-hybridized carbons (Fsp3) is 0.263. The van der Waals surface area contributed by atoms with Gasteiger partial charge in [-0.2, -0.15) is 5.10 Å². The highest BCUT2D eigenvalue weighted by Crippen LogP contribution is 2.15. The molecule has 0 spiro atoms. The maximum Gasteiger partial charge on any atom is 0.360 e. The van der Waals surface area contributed by atoms with Gasteiger partial charge in [0.05, 0.1) is 5.39 Å². The Balaban J connectivity index is 1.85. The Hall–Kier alpha value is -3.62. The topological polar surface area (TPSA) is 116 Å². The summed E-state index contributed by atoms with van der Waals surface area (Å²) >= 11 is 0. The van der Waals surface area contributed by atoms with E-state index in [-0.39, 0.29) is 17.2 Å². The molecule has 0 aliphatic rings. The maximum absolute atomic E-state index is 12.7. The molecule has 144 valence electrons. The summed E-state index contributed by atoms with van der Waals surface area (Å²) in [5.74, 6) is -1.26. The van der Waals surface area contributed by atoms with Gasteiger partial charge in [-0.1, -0.05) is 25.1 Å². The average molecular weight is 381 g/mol. The van der Waals surface area contributed by atoms with E-state index in [0.717, 1.165) is 0 Å². The summed E-state index contributed by atoms with van der Waals surface area (Å²) in [5.41, 5.74) is -0.291. The van der Waals surface area contributed by atoms with Crippen LogP contribution in [0.1, 0.15) is 30.8 Å². The Labute approximate surface area is 160 Å². The van der Waals surface area contributed by atoms with Crippen LogP contribution < -0.4 is 10.9 Å². The molecule has 2 heterocycles. The van der Waals surface area contributed by atoms with Gasteiger partial charge in [-0.25, -0.2) is 19.4 Å². The third-order valence-corrected chi connectivity index (χ3v) is 3.95. The van der Waals surface area contributed by atoms with Crippen molar-refractivity contribution < 1.29 is 14.3 Å². The molecule has 28 heavy (non-hydrogen) atoms.